The van der Waals surface area contributed by atoms with Crippen LogP contribution < -0.4 is 4.74 Å². The average molecular weight is 184 g/mol. The summed E-state index contributed by atoms with van der Waals surface area (Å²) in [6, 6.07) is 1.74. The number of rotatable bonds is 2. The first-order valence-electron chi connectivity index (χ1n) is 3.50. The molecule has 64 valence electrons. The van der Waals surface area contributed by atoms with Gasteiger partial charge in [-0.1, -0.05) is 18.2 Å². The monoisotopic (exact) mass is 183 g/mol. The molecule has 3 heteroatoms. The van der Waals surface area contributed by atoms with Gasteiger partial charge in [-0.15, -0.1) is 0 Å². The van der Waals surface area contributed by atoms with Crippen molar-refractivity contribution in [2.45, 2.75) is 6.92 Å². The van der Waals surface area contributed by atoms with Crippen LogP contribution >= 0.6 is 11.6 Å². The fourth-order valence-electron chi connectivity index (χ4n) is 0.914. The third kappa shape index (κ3) is 1.77. The van der Waals surface area contributed by atoms with Crippen LogP contribution in [0, 0.1) is 0 Å². The van der Waals surface area contributed by atoms with Gasteiger partial charge in [0.1, 0.15) is 10.9 Å². The summed E-state index contributed by atoms with van der Waals surface area (Å²) in [4.78, 5) is 3.89. The molecule has 0 aliphatic rings. The Bertz CT molecular complexity index is 309. The predicted octanol–water partition coefficient (Wildman–Crippen LogP) is 2.78. The van der Waals surface area contributed by atoms with Crippen molar-refractivity contribution in [3.63, 3.8) is 0 Å². The Morgan fingerprint density at radius 1 is 1.67 bits per heavy atom. The summed E-state index contributed by atoms with van der Waals surface area (Å²) in [5, 5.41) is 0.453. The van der Waals surface area contributed by atoms with E-state index < -0.39 is 0 Å². The molecule has 0 saturated heterocycles. The van der Waals surface area contributed by atoms with Crippen molar-refractivity contribution in [3.05, 3.63) is 29.6 Å². The molecule has 0 saturated carbocycles. The lowest BCUT2D eigenvalue weighted by molar-refractivity contribution is 0.411. The summed E-state index contributed by atoms with van der Waals surface area (Å²) in [5.74, 6) is 0.701. The summed E-state index contributed by atoms with van der Waals surface area (Å²) in [7, 11) is 1.59. The molecular formula is C9H10ClNO. The van der Waals surface area contributed by atoms with Crippen LogP contribution in [0.1, 0.15) is 12.5 Å². The van der Waals surface area contributed by atoms with Gasteiger partial charge < -0.3 is 4.74 Å². The molecule has 0 bridgehead atoms. The Hall–Kier alpha value is -1.02. The van der Waals surface area contributed by atoms with Gasteiger partial charge in [0.15, 0.2) is 0 Å². The smallest absolute Gasteiger partial charge is 0.144 e. The number of pyridine rings is 1. The fourth-order valence-corrected chi connectivity index (χ4v) is 1.07. The highest BCUT2D eigenvalue weighted by molar-refractivity contribution is 6.29. The number of hydrogen-bond acceptors (Lipinski definition) is 2. The van der Waals surface area contributed by atoms with Crippen molar-refractivity contribution in [2.75, 3.05) is 7.11 Å². The van der Waals surface area contributed by atoms with E-state index in [9.17, 15) is 0 Å². The predicted molar refractivity (Wildman–Crippen MR) is 50.5 cm³/mol. The lowest BCUT2D eigenvalue weighted by Gasteiger charge is -2.06. The molecule has 0 aliphatic heterocycles. The first-order valence-corrected chi connectivity index (χ1v) is 3.88. The van der Waals surface area contributed by atoms with Gasteiger partial charge in [-0.3, -0.25) is 0 Å². The van der Waals surface area contributed by atoms with Gasteiger partial charge in [0, 0.05) is 5.56 Å². The third-order valence-electron chi connectivity index (χ3n) is 1.51. The lowest BCUT2D eigenvalue weighted by Crippen LogP contribution is -1.90. The van der Waals surface area contributed by atoms with Crippen molar-refractivity contribution in [1.29, 1.82) is 0 Å². The van der Waals surface area contributed by atoms with E-state index in [0.717, 1.165) is 11.1 Å². The van der Waals surface area contributed by atoms with Crippen molar-refractivity contribution in [1.82, 2.24) is 4.98 Å². The van der Waals surface area contributed by atoms with Crippen molar-refractivity contribution in [3.8, 4) is 5.75 Å². The molecule has 1 heterocycles. The number of ether oxygens (including phenoxy) is 1. The van der Waals surface area contributed by atoms with Crippen LogP contribution in [0.25, 0.3) is 5.57 Å². The number of allylic oxidation sites excluding steroid dienone is 1. The molecule has 1 aromatic heterocycles. The molecule has 0 atom stereocenters. The Morgan fingerprint density at radius 2 is 2.33 bits per heavy atom. The van der Waals surface area contributed by atoms with Crippen LogP contribution in [0.4, 0.5) is 0 Å². The van der Waals surface area contributed by atoms with Crippen molar-refractivity contribution >= 4 is 17.2 Å². The molecule has 0 N–H and O–H groups in total. The van der Waals surface area contributed by atoms with E-state index in [2.05, 4.69) is 11.6 Å². The lowest BCUT2D eigenvalue weighted by atomic mass is 10.1. The highest BCUT2D eigenvalue weighted by Gasteiger charge is 2.04. The molecule has 1 rings (SSSR count). The van der Waals surface area contributed by atoms with E-state index in [1.807, 2.05) is 6.92 Å². The van der Waals surface area contributed by atoms with Gasteiger partial charge in [-0.25, -0.2) is 4.98 Å². The van der Waals surface area contributed by atoms with Gasteiger partial charge in [0.25, 0.3) is 0 Å². The minimum atomic E-state index is 0.453. The second-order valence-corrected chi connectivity index (χ2v) is 2.87. The second-order valence-electron chi connectivity index (χ2n) is 2.49. The van der Waals surface area contributed by atoms with Gasteiger partial charge in [-0.2, -0.15) is 0 Å². The first-order chi connectivity index (χ1) is 5.65. The van der Waals surface area contributed by atoms with E-state index >= 15 is 0 Å². The van der Waals surface area contributed by atoms with E-state index in [1.54, 1.807) is 19.4 Å². The second kappa shape index (κ2) is 3.59. The van der Waals surface area contributed by atoms with Gasteiger partial charge in [-0.05, 0) is 18.6 Å². The topological polar surface area (TPSA) is 22.1 Å². The number of nitrogens with zero attached hydrogens (tertiary/aromatic N) is 1. The van der Waals surface area contributed by atoms with Gasteiger partial charge in [0.2, 0.25) is 0 Å². The van der Waals surface area contributed by atoms with Crippen LogP contribution in [0.5, 0.6) is 5.75 Å². The standard InChI is InChI=1S/C9H10ClNO/c1-6(2)7-4-9(10)11-5-8(7)12-3/h4-5H,1H2,2-3H3. The SMILES string of the molecule is C=C(C)c1cc(Cl)ncc1OC. The Balaban J connectivity index is 3.21. The van der Waals surface area contributed by atoms with Gasteiger partial charge >= 0.3 is 0 Å². The highest BCUT2D eigenvalue weighted by atomic mass is 35.5. The van der Waals surface area contributed by atoms with Crippen molar-refractivity contribution in [2.24, 2.45) is 0 Å². The quantitative estimate of drug-likeness (QED) is 0.658. The largest absolute Gasteiger partial charge is 0.495 e. The molecule has 0 aliphatic carbocycles. The molecule has 2 nitrogen and oxygen atoms in total. The zero-order valence-corrected chi connectivity index (χ0v) is 7.85. The summed E-state index contributed by atoms with van der Waals surface area (Å²) >= 11 is 5.71. The van der Waals surface area contributed by atoms with E-state index in [0.29, 0.717) is 10.9 Å². The van der Waals surface area contributed by atoms with Crippen LogP contribution in [-0.4, -0.2) is 12.1 Å². The van der Waals surface area contributed by atoms with Crippen LogP contribution in [0.2, 0.25) is 5.15 Å². The highest BCUT2D eigenvalue weighted by Crippen LogP contribution is 2.25. The molecular weight excluding hydrogens is 174 g/mol. The third-order valence-corrected chi connectivity index (χ3v) is 1.72. The van der Waals surface area contributed by atoms with Crippen molar-refractivity contribution < 1.29 is 4.74 Å². The van der Waals surface area contributed by atoms with E-state index in [4.69, 9.17) is 16.3 Å². The minimum absolute atomic E-state index is 0.453. The Labute approximate surface area is 76.8 Å². The molecule has 0 radical (unpaired) electrons. The Kier molecular flexibility index (Phi) is 2.71. The zero-order chi connectivity index (χ0) is 9.14. The summed E-state index contributed by atoms with van der Waals surface area (Å²) in [6.45, 7) is 5.71. The van der Waals surface area contributed by atoms with E-state index in [1.165, 1.54) is 0 Å². The average Bonchev–Trinajstić information content (AvgIpc) is 2.04. The molecule has 0 fully saturated rings. The van der Waals surface area contributed by atoms with Crippen LogP contribution in [-0.2, 0) is 0 Å². The first kappa shape index (κ1) is 9.07. The molecule has 0 unspecified atom stereocenters. The molecule has 1 aromatic rings. The summed E-state index contributed by atoms with van der Waals surface area (Å²) in [5.41, 5.74) is 1.81. The van der Waals surface area contributed by atoms with Gasteiger partial charge in [0.05, 0.1) is 13.3 Å². The molecule has 0 amide bonds. The minimum Gasteiger partial charge on any atom is -0.495 e. The normalized spacial score (nSPS) is 9.58. The maximum absolute atomic E-state index is 5.71. The maximum Gasteiger partial charge on any atom is 0.144 e. The molecule has 0 aromatic carbocycles. The van der Waals surface area contributed by atoms with Crippen LogP contribution in [0.3, 0.4) is 0 Å². The zero-order valence-electron chi connectivity index (χ0n) is 7.10. The van der Waals surface area contributed by atoms with E-state index in [-0.39, 0.29) is 0 Å². The number of aromatic nitrogens is 1. The fraction of sp³-hybridized carbons (Fsp3) is 0.222. The number of hydrogen-bond donors (Lipinski definition) is 0. The molecule has 12 heavy (non-hydrogen) atoms. The maximum atomic E-state index is 5.71. The van der Waals surface area contributed by atoms with Crippen LogP contribution in [0.15, 0.2) is 18.8 Å². The number of halogens is 1. The number of methoxy groups -OCH3 is 1. The molecule has 0 spiro atoms. The Morgan fingerprint density at radius 3 is 2.83 bits per heavy atom. The summed E-state index contributed by atoms with van der Waals surface area (Å²) < 4.78 is 5.08. The summed E-state index contributed by atoms with van der Waals surface area (Å²) in [6.07, 6.45) is 1.59.